The Kier molecular flexibility index (Phi) is 3.85. The predicted octanol–water partition coefficient (Wildman–Crippen LogP) is 2.98. The maximum absolute atomic E-state index is 11.0. The summed E-state index contributed by atoms with van der Waals surface area (Å²) in [4.78, 5) is 14.7. The molecule has 0 fully saturated rings. The minimum atomic E-state index is -0.417. The molecular weight excluding hydrogens is 258 g/mol. The minimum Gasteiger partial charge on any atom is -0.382 e. The van der Waals surface area contributed by atoms with Crippen LogP contribution in [0.5, 0.6) is 0 Å². The lowest BCUT2D eigenvalue weighted by Gasteiger charge is -2.27. The van der Waals surface area contributed by atoms with Gasteiger partial charge in [0.15, 0.2) is 0 Å². The first-order chi connectivity index (χ1) is 9.44. The highest BCUT2D eigenvalue weighted by Gasteiger charge is 2.20. The van der Waals surface area contributed by atoms with E-state index in [1.807, 2.05) is 26.0 Å². The summed E-state index contributed by atoms with van der Waals surface area (Å²) in [6.45, 7) is 4.52. The molecule has 0 aliphatic heterocycles. The van der Waals surface area contributed by atoms with Gasteiger partial charge in [0.2, 0.25) is 0 Å². The van der Waals surface area contributed by atoms with E-state index in [1.54, 1.807) is 19.4 Å². The first kappa shape index (κ1) is 14.2. The van der Waals surface area contributed by atoms with Gasteiger partial charge in [-0.05, 0) is 19.9 Å². The van der Waals surface area contributed by atoms with Crippen LogP contribution in [-0.2, 0) is 4.74 Å². The number of pyridine rings is 1. The molecule has 2 aromatic rings. The fourth-order valence-corrected chi connectivity index (χ4v) is 2.18. The Balaban J connectivity index is 2.50. The van der Waals surface area contributed by atoms with Gasteiger partial charge >= 0.3 is 0 Å². The Bertz CT molecular complexity index is 641. The quantitative estimate of drug-likeness (QED) is 0.670. The van der Waals surface area contributed by atoms with Crippen molar-refractivity contribution in [1.82, 2.24) is 4.98 Å². The van der Waals surface area contributed by atoms with E-state index < -0.39 is 4.92 Å². The predicted molar refractivity (Wildman–Crippen MR) is 78.0 cm³/mol. The third kappa shape index (κ3) is 2.85. The number of hydrogen-bond acceptors (Lipinski definition) is 5. The molecule has 0 amide bonds. The maximum Gasteiger partial charge on any atom is 0.295 e. The first-order valence-electron chi connectivity index (χ1n) is 6.24. The average Bonchev–Trinajstić information content (AvgIpc) is 2.37. The van der Waals surface area contributed by atoms with Crippen LogP contribution in [0.15, 0.2) is 30.5 Å². The molecule has 1 aromatic heterocycles. The van der Waals surface area contributed by atoms with E-state index in [2.05, 4.69) is 10.3 Å². The summed E-state index contributed by atoms with van der Waals surface area (Å²) in [6.07, 6.45) is 1.57. The molecular formula is C14H17N3O3. The molecule has 0 radical (unpaired) electrons. The van der Waals surface area contributed by atoms with Crippen molar-refractivity contribution in [2.24, 2.45) is 0 Å². The van der Waals surface area contributed by atoms with Gasteiger partial charge < -0.3 is 10.1 Å². The molecule has 0 bridgehead atoms. The van der Waals surface area contributed by atoms with Crippen molar-refractivity contribution in [1.29, 1.82) is 0 Å². The zero-order valence-electron chi connectivity index (χ0n) is 11.7. The van der Waals surface area contributed by atoms with E-state index >= 15 is 0 Å². The van der Waals surface area contributed by atoms with E-state index in [0.29, 0.717) is 12.1 Å². The molecule has 0 spiro atoms. The van der Waals surface area contributed by atoms with Crippen LogP contribution in [0.25, 0.3) is 10.9 Å². The highest BCUT2D eigenvalue weighted by Crippen LogP contribution is 2.30. The van der Waals surface area contributed by atoms with E-state index in [9.17, 15) is 10.1 Å². The fraction of sp³-hybridized carbons (Fsp3) is 0.357. The normalized spacial score (nSPS) is 11.6. The molecule has 0 saturated carbocycles. The summed E-state index contributed by atoms with van der Waals surface area (Å²) < 4.78 is 5.17. The van der Waals surface area contributed by atoms with Crippen molar-refractivity contribution in [3.63, 3.8) is 0 Å². The van der Waals surface area contributed by atoms with Gasteiger partial charge in [0.1, 0.15) is 5.52 Å². The van der Waals surface area contributed by atoms with Gasteiger partial charge in [0.25, 0.3) is 5.69 Å². The van der Waals surface area contributed by atoms with E-state index in [1.165, 1.54) is 6.07 Å². The van der Waals surface area contributed by atoms with Crippen LogP contribution in [0.4, 0.5) is 11.4 Å². The van der Waals surface area contributed by atoms with Crippen molar-refractivity contribution < 1.29 is 9.66 Å². The number of anilines is 1. The molecule has 0 atom stereocenters. The Labute approximate surface area is 116 Å². The molecule has 1 aromatic carbocycles. The number of nitrogens with zero attached hydrogens (tertiary/aromatic N) is 2. The van der Waals surface area contributed by atoms with Crippen molar-refractivity contribution in [3.8, 4) is 0 Å². The lowest BCUT2D eigenvalue weighted by molar-refractivity contribution is -0.383. The lowest BCUT2D eigenvalue weighted by Crippen LogP contribution is -2.35. The third-order valence-corrected chi connectivity index (χ3v) is 2.92. The maximum atomic E-state index is 11.0. The van der Waals surface area contributed by atoms with E-state index in [0.717, 1.165) is 11.1 Å². The molecule has 0 unspecified atom stereocenters. The van der Waals surface area contributed by atoms with Gasteiger partial charge in [-0.1, -0.05) is 12.1 Å². The second kappa shape index (κ2) is 5.42. The second-order valence-electron chi connectivity index (χ2n) is 5.23. The van der Waals surface area contributed by atoms with Crippen molar-refractivity contribution in [2.75, 3.05) is 19.0 Å². The zero-order chi connectivity index (χ0) is 14.8. The molecule has 106 valence electrons. The summed E-state index contributed by atoms with van der Waals surface area (Å²) in [6, 6.07) is 6.75. The number of ether oxygens (including phenoxy) is 1. The number of non-ortho nitro benzene ring substituents is 1. The number of methoxy groups -OCH3 is 1. The standard InChI is InChI=1S/C14H17N3O3/c1-14(2,9-20-3)16-11-7-8-15-13-10(11)5-4-6-12(13)17(18)19/h4-8H,9H2,1-3H3,(H,15,16). The van der Waals surface area contributed by atoms with Gasteiger partial charge in [-0.3, -0.25) is 10.1 Å². The van der Waals surface area contributed by atoms with Crippen molar-refractivity contribution >= 4 is 22.3 Å². The molecule has 6 nitrogen and oxygen atoms in total. The van der Waals surface area contributed by atoms with Crippen LogP contribution in [-0.4, -0.2) is 29.2 Å². The number of para-hydroxylation sites is 1. The summed E-state index contributed by atoms with van der Waals surface area (Å²) in [5.41, 5.74) is 0.917. The molecule has 0 aliphatic rings. The Morgan fingerprint density at radius 3 is 2.80 bits per heavy atom. The number of nitro benzene ring substituents is 1. The van der Waals surface area contributed by atoms with Crippen molar-refractivity contribution in [2.45, 2.75) is 19.4 Å². The van der Waals surface area contributed by atoms with Gasteiger partial charge in [0, 0.05) is 30.4 Å². The van der Waals surface area contributed by atoms with Crippen molar-refractivity contribution in [3.05, 3.63) is 40.6 Å². The minimum absolute atomic E-state index is 0.00991. The highest BCUT2D eigenvalue weighted by molar-refractivity contribution is 5.96. The second-order valence-corrected chi connectivity index (χ2v) is 5.23. The summed E-state index contributed by atoms with van der Waals surface area (Å²) in [5, 5.41) is 15.1. The molecule has 0 saturated heterocycles. The van der Waals surface area contributed by atoms with Gasteiger partial charge in [0.05, 0.1) is 17.1 Å². The molecule has 20 heavy (non-hydrogen) atoms. The van der Waals surface area contributed by atoms with Crippen LogP contribution in [0.3, 0.4) is 0 Å². The fourth-order valence-electron chi connectivity index (χ4n) is 2.18. The zero-order valence-corrected chi connectivity index (χ0v) is 11.7. The monoisotopic (exact) mass is 275 g/mol. The highest BCUT2D eigenvalue weighted by atomic mass is 16.6. The number of rotatable bonds is 5. The number of fused-ring (bicyclic) bond motifs is 1. The summed E-state index contributed by atoms with van der Waals surface area (Å²) >= 11 is 0. The largest absolute Gasteiger partial charge is 0.382 e. The van der Waals surface area contributed by atoms with Crippen LogP contribution in [0, 0.1) is 10.1 Å². The molecule has 1 N–H and O–H groups in total. The van der Waals surface area contributed by atoms with E-state index in [4.69, 9.17) is 4.74 Å². The number of nitro groups is 1. The Hall–Kier alpha value is -2.21. The Morgan fingerprint density at radius 2 is 2.15 bits per heavy atom. The summed E-state index contributed by atoms with van der Waals surface area (Å²) in [5.74, 6) is 0. The Morgan fingerprint density at radius 1 is 1.40 bits per heavy atom. The van der Waals surface area contributed by atoms with Crippen LogP contribution >= 0.6 is 0 Å². The van der Waals surface area contributed by atoms with Crippen LogP contribution in [0.2, 0.25) is 0 Å². The lowest BCUT2D eigenvalue weighted by atomic mass is 10.1. The molecule has 2 rings (SSSR count). The van der Waals surface area contributed by atoms with E-state index in [-0.39, 0.29) is 11.2 Å². The molecule has 6 heteroatoms. The number of nitrogens with one attached hydrogen (secondary N) is 1. The SMILES string of the molecule is COCC(C)(C)Nc1ccnc2c([N+](=O)[O-])cccc12. The number of aromatic nitrogens is 1. The molecule has 0 aliphatic carbocycles. The average molecular weight is 275 g/mol. The summed E-state index contributed by atoms with van der Waals surface area (Å²) in [7, 11) is 1.64. The first-order valence-corrected chi connectivity index (χ1v) is 6.24. The van der Waals surface area contributed by atoms with Gasteiger partial charge in [-0.15, -0.1) is 0 Å². The third-order valence-electron chi connectivity index (χ3n) is 2.92. The van der Waals surface area contributed by atoms with Gasteiger partial charge in [-0.2, -0.15) is 0 Å². The molecule has 1 heterocycles. The smallest absolute Gasteiger partial charge is 0.295 e. The topological polar surface area (TPSA) is 77.3 Å². The van der Waals surface area contributed by atoms with Crippen LogP contribution < -0.4 is 5.32 Å². The van der Waals surface area contributed by atoms with Crippen LogP contribution in [0.1, 0.15) is 13.8 Å². The number of benzene rings is 1. The van der Waals surface area contributed by atoms with Gasteiger partial charge in [-0.25, -0.2) is 4.98 Å². The number of hydrogen-bond donors (Lipinski definition) is 1.